The van der Waals surface area contributed by atoms with Crippen LogP contribution < -0.4 is 11.1 Å². The van der Waals surface area contributed by atoms with E-state index in [1.54, 1.807) is 24.0 Å². The molecule has 16 heavy (non-hydrogen) atoms. The summed E-state index contributed by atoms with van der Waals surface area (Å²) in [5.41, 5.74) is 5.80. The predicted octanol–water partition coefficient (Wildman–Crippen LogP) is 0.606. The van der Waals surface area contributed by atoms with Gasteiger partial charge in [-0.05, 0) is 25.3 Å². The molecule has 1 aromatic rings. The second kappa shape index (κ2) is 6.22. The second-order valence-corrected chi connectivity index (χ2v) is 4.08. The molecule has 1 heterocycles. The number of carbonyl (C=O) groups is 1. The van der Waals surface area contributed by atoms with Crippen LogP contribution in [0.4, 0.5) is 0 Å². The number of aryl methyl sites for hydroxylation is 1. The third-order valence-electron chi connectivity index (χ3n) is 2.08. The zero-order valence-corrected chi connectivity index (χ0v) is 10.1. The molecule has 0 aliphatic heterocycles. The van der Waals surface area contributed by atoms with Crippen LogP contribution in [0.2, 0.25) is 0 Å². The van der Waals surface area contributed by atoms with Crippen molar-refractivity contribution in [1.82, 2.24) is 15.1 Å². The van der Waals surface area contributed by atoms with Crippen molar-refractivity contribution in [3.8, 4) is 0 Å². The summed E-state index contributed by atoms with van der Waals surface area (Å²) >= 11 is 4.75. The smallest absolute Gasteiger partial charge is 0.271 e. The van der Waals surface area contributed by atoms with Gasteiger partial charge in [-0.1, -0.05) is 12.2 Å². The van der Waals surface area contributed by atoms with Crippen LogP contribution in [0.1, 0.15) is 29.8 Å². The Labute approximate surface area is 100 Å². The van der Waals surface area contributed by atoms with Gasteiger partial charge >= 0.3 is 0 Å². The van der Waals surface area contributed by atoms with Gasteiger partial charge < -0.3 is 11.1 Å². The van der Waals surface area contributed by atoms with Crippen molar-refractivity contribution in [3.05, 3.63) is 18.0 Å². The SMILES string of the molecule is Cn1ccc(C(=O)NCCCCC(N)=S)n1. The monoisotopic (exact) mass is 240 g/mol. The third-order valence-corrected chi connectivity index (χ3v) is 2.29. The van der Waals surface area contributed by atoms with Crippen LogP contribution in [0.5, 0.6) is 0 Å². The molecule has 0 radical (unpaired) electrons. The highest BCUT2D eigenvalue weighted by atomic mass is 32.1. The van der Waals surface area contributed by atoms with E-state index in [0.29, 0.717) is 17.2 Å². The number of rotatable bonds is 6. The Bertz CT molecular complexity index is 375. The summed E-state index contributed by atoms with van der Waals surface area (Å²) < 4.78 is 1.60. The minimum absolute atomic E-state index is 0.143. The molecular weight excluding hydrogens is 224 g/mol. The zero-order chi connectivity index (χ0) is 12.0. The summed E-state index contributed by atoms with van der Waals surface area (Å²) in [6, 6.07) is 1.68. The van der Waals surface area contributed by atoms with Gasteiger partial charge in [0.2, 0.25) is 0 Å². The molecule has 0 saturated carbocycles. The number of aromatic nitrogens is 2. The third kappa shape index (κ3) is 4.39. The van der Waals surface area contributed by atoms with E-state index in [9.17, 15) is 4.79 Å². The number of unbranched alkanes of at least 4 members (excludes halogenated alkanes) is 1. The Kier molecular flexibility index (Phi) is 4.91. The summed E-state index contributed by atoms with van der Waals surface area (Å²) in [7, 11) is 1.78. The summed E-state index contributed by atoms with van der Waals surface area (Å²) in [4.78, 5) is 12.0. The fourth-order valence-electron chi connectivity index (χ4n) is 1.25. The molecular formula is C10H16N4OS. The molecule has 0 atom stereocenters. The Hall–Kier alpha value is -1.43. The molecule has 0 unspecified atom stereocenters. The standard InChI is InChI=1S/C10H16N4OS/c1-14-7-5-8(13-14)10(15)12-6-3-2-4-9(11)16/h5,7H,2-4,6H2,1H3,(H2,11,16)(H,12,15). The highest BCUT2D eigenvalue weighted by Gasteiger charge is 2.06. The van der Waals surface area contributed by atoms with Crippen LogP contribution in [0.3, 0.4) is 0 Å². The molecule has 0 aromatic carbocycles. The Morgan fingerprint density at radius 1 is 1.62 bits per heavy atom. The fraction of sp³-hybridized carbons (Fsp3) is 0.500. The minimum Gasteiger partial charge on any atom is -0.393 e. The van der Waals surface area contributed by atoms with Crippen LogP contribution in [0.15, 0.2) is 12.3 Å². The van der Waals surface area contributed by atoms with E-state index in [0.717, 1.165) is 19.3 Å². The Balaban J connectivity index is 2.18. The fourth-order valence-corrected chi connectivity index (χ4v) is 1.40. The molecule has 0 saturated heterocycles. The molecule has 88 valence electrons. The first-order chi connectivity index (χ1) is 7.59. The molecule has 0 aliphatic rings. The normalized spacial score (nSPS) is 10.1. The lowest BCUT2D eigenvalue weighted by atomic mass is 10.2. The molecule has 3 N–H and O–H groups in total. The summed E-state index contributed by atoms with van der Waals surface area (Å²) in [6.45, 7) is 0.623. The van der Waals surface area contributed by atoms with E-state index in [2.05, 4.69) is 10.4 Å². The van der Waals surface area contributed by atoms with Crippen LogP contribution >= 0.6 is 12.2 Å². The van der Waals surface area contributed by atoms with Gasteiger partial charge in [-0.15, -0.1) is 0 Å². The zero-order valence-electron chi connectivity index (χ0n) is 9.27. The average Bonchev–Trinajstić information content (AvgIpc) is 2.63. The van der Waals surface area contributed by atoms with E-state index in [1.807, 2.05) is 0 Å². The number of nitrogens with one attached hydrogen (secondary N) is 1. The molecule has 0 aliphatic carbocycles. The van der Waals surface area contributed by atoms with Gasteiger partial charge in [0, 0.05) is 19.8 Å². The van der Waals surface area contributed by atoms with E-state index in [4.69, 9.17) is 18.0 Å². The van der Waals surface area contributed by atoms with Crippen molar-refractivity contribution in [1.29, 1.82) is 0 Å². The van der Waals surface area contributed by atoms with Gasteiger partial charge in [0.1, 0.15) is 5.69 Å². The molecule has 0 bridgehead atoms. The van der Waals surface area contributed by atoms with E-state index in [-0.39, 0.29) is 5.91 Å². The lowest BCUT2D eigenvalue weighted by Crippen LogP contribution is -2.25. The highest BCUT2D eigenvalue weighted by molar-refractivity contribution is 7.80. The highest BCUT2D eigenvalue weighted by Crippen LogP contribution is 1.96. The maximum atomic E-state index is 11.5. The number of amides is 1. The number of hydrogen-bond donors (Lipinski definition) is 2. The average molecular weight is 240 g/mol. The van der Waals surface area contributed by atoms with E-state index < -0.39 is 0 Å². The van der Waals surface area contributed by atoms with Crippen molar-refractivity contribution in [2.45, 2.75) is 19.3 Å². The maximum absolute atomic E-state index is 11.5. The summed E-state index contributed by atoms with van der Waals surface area (Å²) in [6.07, 6.45) is 4.24. The topological polar surface area (TPSA) is 72.9 Å². The molecule has 1 aromatic heterocycles. The van der Waals surface area contributed by atoms with Crippen molar-refractivity contribution >= 4 is 23.1 Å². The molecule has 1 rings (SSSR count). The van der Waals surface area contributed by atoms with E-state index >= 15 is 0 Å². The van der Waals surface area contributed by atoms with Gasteiger partial charge in [0.05, 0.1) is 4.99 Å². The largest absolute Gasteiger partial charge is 0.393 e. The number of nitrogens with zero attached hydrogens (tertiary/aromatic N) is 2. The first kappa shape index (κ1) is 12.6. The lowest BCUT2D eigenvalue weighted by Gasteiger charge is -2.02. The van der Waals surface area contributed by atoms with Crippen LogP contribution in [0, 0.1) is 0 Å². The second-order valence-electron chi connectivity index (χ2n) is 3.55. The molecule has 1 amide bonds. The molecule has 6 heteroatoms. The predicted molar refractivity (Wildman–Crippen MR) is 66.2 cm³/mol. The van der Waals surface area contributed by atoms with Crippen LogP contribution in [0.25, 0.3) is 0 Å². The van der Waals surface area contributed by atoms with Crippen LogP contribution in [-0.4, -0.2) is 27.2 Å². The van der Waals surface area contributed by atoms with Crippen molar-refractivity contribution in [2.75, 3.05) is 6.54 Å². The van der Waals surface area contributed by atoms with Gasteiger partial charge in [-0.2, -0.15) is 5.10 Å². The Morgan fingerprint density at radius 3 is 2.94 bits per heavy atom. The number of carbonyl (C=O) groups excluding carboxylic acids is 1. The summed E-state index contributed by atoms with van der Waals surface area (Å²) in [5, 5.41) is 6.79. The lowest BCUT2D eigenvalue weighted by molar-refractivity contribution is 0.0947. The van der Waals surface area contributed by atoms with Gasteiger partial charge in [-0.3, -0.25) is 9.48 Å². The number of thiocarbonyl (C=S) groups is 1. The van der Waals surface area contributed by atoms with Crippen molar-refractivity contribution < 1.29 is 4.79 Å². The molecule has 0 fully saturated rings. The molecule has 5 nitrogen and oxygen atoms in total. The Morgan fingerprint density at radius 2 is 2.38 bits per heavy atom. The number of hydrogen-bond acceptors (Lipinski definition) is 3. The minimum atomic E-state index is -0.143. The van der Waals surface area contributed by atoms with Crippen molar-refractivity contribution in [3.63, 3.8) is 0 Å². The van der Waals surface area contributed by atoms with Gasteiger partial charge in [-0.25, -0.2) is 0 Å². The van der Waals surface area contributed by atoms with Gasteiger partial charge in [0.15, 0.2) is 0 Å². The molecule has 0 spiro atoms. The first-order valence-electron chi connectivity index (χ1n) is 5.16. The van der Waals surface area contributed by atoms with Crippen molar-refractivity contribution in [2.24, 2.45) is 12.8 Å². The first-order valence-corrected chi connectivity index (χ1v) is 5.56. The summed E-state index contributed by atoms with van der Waals surface area (Å²) in [5.74, 6) is -0.143. The van der Waals surface area contributed by atoms with Gasteiger partial charge in [0.25, 0.3) is 5.91 Å². The number of nitrogens with two attached hydrogens (primary N) is 1. The maximum Gasteiger partial charge on any atom is 0.271 e. The van der Waals surface area contributed by atoms with Crippen LogP contribution in [-0.2, 0) is 7.05 Å². The quantitative estimate of drug-likeness (QED) is 0.564. The van der Waals surface area contributed by atoms with E-state index in [1.165, 1.54) is 0 Å².